The molecule has 10 nitrogen and oxygen atoms in total. The van der Waals surface area contributed by atoms with Crippen molar-refractivity contribution in [3.63, 3.8) is 0 Å². The van der Waals surface area contributed by atoms with Gasteiger partial charge in [0.1, 0.15) is 29.0 Å². The molecule has 1 unspecified atom stereocenters. The van der Waals surface area contributed by atoms with Crippen LogP contribution in [0.5, 0.6) is 17.2 Å². The van der Waals surface area contributed by atoms with Crippen molar-refractivity contribution in [1.82, 2.24) is 9.78 Å². The molecule has 3 N–H and O–H groups in total. The van der Waals surface area contributed by atoms with Gasteiger partial charge >= 0.3 is 0 Å². The van der Waals surface area contributed by atoms with Crippen LogP contribution < -0.4 is 30.2 Å². The number of anilines is 3. The van der Waals surface area contributed by atoms with Crippen molar-refractivity contribution >= 4 is 29.0 Å². The van der Waals surface area contributed by atoms with Crippen LogP contribution in [-0.2, 0) is 4.79 Å². The van der Waals surface area contributed by atoms with Crippen LogP contribution >= 0.6 is 0 Å². The van der Waals surface area contributed by atoms with Crippen LogP contribution in [0.3, 0.4) is 0 Å². The summed E-state index contributed by atoms with van der Waals surface area (Å²) < 4.78 is 31.6. The molecule has 0 radical (unpaired) electrons. The molecule has 2 heterocycles. The zero-order valence-corrected chi connectivity index (χ0v) is 22.8. The molecule has 0 bridgehead atoms. The number of hydrogen-bond acceptors (Lipinski definition) is 7. The number of para-hydroxylation sites is 3. The fraction of sp³-hybridized carbons (Fsp3) is 0.167. The van der Waals surface area contributed by atoms with Gasteiger partial charge in [0.15, 0.2) is 11.5 Å². The number of nitrogens with one attached hydrogen (secondary N) is 3. The summed E-state index contributed by atoms with van der Waals surface area (Å²) in [7, 11) is 4.56. The summed E-state index contributed by atoms with van der Waals surface area (Å²) in [5.41, 5.74) is 2.56. The first-order valence-corrected chi connectivity index (χ1v) is 12.6. The monoisotopic (exact) mass is 557 g/mol. The Morgan fingerprint density at radius 1 is 0.878 bits per heavy atom. The fourth-order valence-electron chi connectivity index (χ4n) is 4.80. The molecule has 11 heteroatoms. The minimum atomic E-state index is -0.807. The molecule has 5 rings (SSSR count). The molecule has 0 saturated carbocycles. The van der Waals surface area contributed by atoms with E-state index in [9.17, 15) is 14.0 Å². The number of hydrogen-bond donors (Lipinski definition) is 3. The van der Waals surface area contributed by atoms with E-state index in [4.69, 9.17) is 14.2 Å². The zero-order valence-electron chi connectivity index (χ0n) is 22.8. The molecule has 210 valence electrons. The Bertz CT molecular complexity index is 1650. The molecule has 0 saturated heterocycles. The molecular weight excluding hydrogens is 529 g/mol. The summed E-state index contributed by atoms with van der Waals surface area (Å²) in [5, 5.41) is 13.4. The minimum Gasteiger partial charge on any atom is -0.495 e. The van der Waals surface area contributed by atoms with E-state index >= 15 is 0 Å². The van der Waals surface area contributed by atoms with Gasteiger partial charge in [-0.25, -0.2) is 9.07 Å². The number of ether oxygens (including phenoxy) is 3. The number of carbonyl (C=O) groups is 2. The Kier molecular flexibility index (Phi) is 7.59. The summed E-state index contributed by atoms with van der Waals surface area (Å²) in [5.74, 6) is 0.458. The number of nitrogens with zero attached hydrogens (tertiary/aromatic N) is 2. The average molecular weight is 558 g/mol. The number of allylic oxidation sites excluding steroid dienone is 1. The van der Waals surface area contributed by atoms with Crippen LogP contribution in [0, 0.1) is 5.82 Å². The first kappa shape index (κ1) is 27.3. The highest BCUT2D eigenvalue weighted by Gasteiger charge is 2.37. The second kappa shape index (κ2) is 11.4. The molecule has 1 aromatic heterocycles. The number of aromatic nitrogens is 2. The van der Waals surface area contributed by atoms with Crippen molar-refractivity contribution in [1.29, 1.82) is 0 Å². The Labute approximate surface area is 235 Å². The Hall–Kier alpha value is -5.32. The van der Waals surface area contributed by atoms with E-state index in [-0.39, 0.29) is 5.56 Å². The quantitative estimate of drug-likeness (QED) is 0.272. The molecule has 3 aromatic carbocycles. The topological polar surface area (TPSA) is 116 Å². The van der Waals surface area contributed by atoms with Gasteiger partial charge in [0.2, 0.25) is 0 Å². The summed E-state index contributed by atoms with van der Waals surface area (Å²) in [6, 6.07) is 17.1. The molecule has 0 spiro atoms. The third-order valence-corrected chi connectivity index (χ3v) is 6.70. The molecule has 1 aliphatic heterocycles. The van der Waals surface area contributed by atoms with E-state index in [0.29, 0.717) is 51.3 Å². The van der Waals surface area contributed by atoms with Crippen molar-refractivity contribution in [3.05, 3.63) is 101 Å². The van der Waals surface area contributed by atoms with Crippen molar-refractivity contribution in [2.75, 3.05) is 37.3 Å². The zero-order chi connectivity index (χ0) is 29.1. The number of carbonyl (C=O) groups excluding carboxylic acids is 2. The highest BCUT2D eigenvalue weighted by Crippen LogP contribution is 2.44. The number of rotatable bonds is 8. The maximum atomic E-state index is 13.9. The molecule has 1 atom stereocenters. The Morgan fingerprint density at radius 2 is 1.59 bits per heavy atom. The second-order valence-electron chi connectivity index (χ2n) is 9.12. The highest BCUT2D eigenvalue weighted by atomic mass is 19.1. The fourth-order valence-corrected chi connectivity index (χ4v) is 4.80. The maximum absolute atomic E-state index is 13.9. The van der Waals surface area contributed by atoms with Gasteiger partial charge < -0.3 is 30.2 Å². The lowest BCUT2D eigenvalue weighted by molar-refractivity contribution is -0.113. The Morgan fingerprint density at radius 3 is 2.29 bits per heavy atom. The highest BCUT2D eigenvalue weighted by molar-refractivity contribution is 6.10. The van der Waals surface area contributed by atoms with Crippen LogP contribution in [0.2, 0.25) is 0 Å². The van der Waals surface area contributed by atoms with Crippen molar-refractivity contribution < 1.29 is 28.2 Å². The average Bonchev–Trinajstić information content (AvgIpc) is 3.40. The van der Waals surface area contributed by atoms with Gasteiger partial charge in [-0.2, -0.15) is 5.10 Å². The van der Waals surface area contributed by atoms with Gasteiger partial charge in [0, 0.05) is 16.9 Å². The molecule has 0 aliphatic carbocycles. The van der Waals surface area contributed by atoms with E-state index in [2.05, 4.69) is 21.0 Å². The summed E-state index contributed by atoms with van der Waals surface area (Å²) in [4.78, 5) is 27.2. The van der Waals surface area contributed by atoms with Gasteiger partial charge in [0.25, 0.3) is 11.8 Å². The van der Waals surface area contributed by atoms with Crippen molar-refractivity contribution in [2.45, 2.75) is 13.0 Å². The van der Waals surface area contributed by atoms with Gasteiger partial charge in [-0.3, -0.25) is 9.59 Å². The molecule has 2 amide bonds. The minimum absolute atomic E-state index is 0.227. The van der Waals surface area contributed by atoms with Gasteiger partial charge in [-0.1, -0.05) is 24.3 Å². The lowest BCUT2D eigenvalue weighted by atomic mass is 9.93. The lowest BCUT2D eigenvalue weighted by Gasteiger charge is -2.31. The predicted molar refractivity (Wildman–Crippen MR) is 152 cm³/mol. The van der Waals surface area contributed by atoms with Gasteiger partial charge in [-0.15, -0.1) is 0 Å². The normalized spacial score (nSPS) is 14.0. The van der Waals surface area contributed by atoms with Crippen LogP contribution in [0.1, 0.15) is 28.9 Å². The number of fused-ring (bicyclic) bond motifs is 1. The Balaban J connectivity index is 1.61. The third kappa shape index (κ3) is 5.17. The number of amides is 2. The standard InChI is InChI=1S/C30H28FN5O5/c1-17-25(30(38)35-22-9-5-6-10-23(22)39-2)26(20-8-7-11-24(40-3)27(20)41-4)36-28(33-17)21(16-32-36)29(37)34-19-14-12-18(31)13-15-19/h5-16,26,33H,1-4H3,(H,34,37)(H,35,38). The first-order valence-electron chi connectivity index (χ1n) is 12.6. The van der Waals surface area contributed by atoms with E-state index < -0.39 is 23.7 Å². The van der Waals surface area contributed by atoms with E-state index in [1.54, 1.807) is 48.0 Å². The largest absolute Gasteiger partial charge is 0.495 e. The van der Waals surface area contributed by atoms with E-state index in [1.807, 2.05) is 6.07 Å². The molecule has 0 fully saturated rings. The van der Waals surface area contributed by atoms with Crippen molar-refractivity contribution in [2.24, 2.45) is 0 Å². The molecular formula is C30H28FN5O5. The number of halogens is 1. The molecule has 41 heavy (non-hydrogen) atoms. The van der Waals surface area contributed by atoms with Gasteiger partial charge in [0.05, 0.1) is 38.8 Å². The van der Waals surface area contributed by atoms with Crippen LogP contribution in [-0.4, -0.2) is 42.9 Å². The number of methoxy groups -OCH3 is 3. The SMILES string of the molecule is COc1ccccc1NC(=O)C1=C(C)Nc2c(C(=O)Nc3ccc(F)cc3)cnn2C1c1cccc(OC)c1OC. The second-order valence-corrected chi connectivity index (χ2v) is 9.12. The summed E-state index contributed by atoms with van der Waals surface area (Å²) >= 11 is 0. The van der Waals surface area contributed by atoms with Crippen LogP contribution in [0.15, 0.2) is 84.2 Å². The van der Waals surface area contributed by atoms with Crippen LogP contribution in [0.25, 0.3) is 0 Å². The number of benzene rings is 3. The van der Waals surface area contributed by atoms with E-state index in [1.165, 1.54) is 51.8 Å². The maximum Gasteiger partial charge on any atom is 0.261 e. The third-order valence-electron chi connectivity index (χ3n) is 6.70. The van der Waals surface area contributed by atoms with E-state index in [0.717, 1.165) is 0 Å². The predicted octanol–water partition coefficient (Wildman–Crippen LogP) is 5.23. The summed E-state index contributed by atoms with van der Waals surface area (Å²) in [6.45, 7) is 1.74. The first-order chi connectivity index (χ1) is 19.9. The van der Waals surface area contributed by atoms with Crippen LogP contribution in [0.4, 0.5) is 21.6 Å². The van der Waals surface area contributed by atoms with Gasteiger partial charge in [-0.05, 0) is 49.4 Å². The molecule has 4 aromatic rings. The molecule has 1 aliphatic rings. The van der Waals surface area contributed by atoms with Crippen molar-refractivity contribution in [3.8, 4) is 17.2 Å². The smallest absolute Gasteiger partial charge is 0.261 e. The lowest BCUT2D eigenvalue weighted by Crippen LogP contribution is -2.32. The summed E-state index contributed by atoms with van der Waals surface area (Å²) in [6.07, 6.45) is 1.41.